The summed E-state index contributed by atoms with van der Waals surface area (Å²) in [6.45, 7) is 0.578. The van der Waals surface area contributed by atoms with E-state index in [-0.39, 0.29) is 5.82 Å². The molecule has 1 aromatic heterocycles. The van der Waals surface area contributed by atoms with Crippen molar-refractivity contribution in [1.82, 2.24) is 10.2 Å². The normalized spacial score (nSPS) is 15.1. The summed E-state index contributed by atoms with van der Waals surface area (Å²) in [6.07, 6.45) is 6.28. The van der Waals surface area contributed by atoms with Crippen molar-refractivity contribution in [3.8, 4) is 0 Å². The quantitative estimate of drug-likeness (QED) is 0.670. The maximum Gasteiger partial charge on any atom is 0.157 e. The van der Waals surface area contributed by atoms with Crippen LogP contribution in [0.4, 0.5) is 16.0 Å². The van der Waals surface area contributed by atoms with Gasteiger partial charge < -0.3 is 10.6 Å². The Balaban J connectivity index is 1.56. The van der Waals surface area contributed by atoms with Gasteiger partial charge in [0, 0.05) is 23.4 Å². The van der Waals surface area contributed by atoms with E-state index in [4.69, 9.17) is 0 Å². The second-order valence-corrected chi connectivity index (χ2v) is 6.90. The smallest absolute Gasteiger partial charge is 0.157 e. The van der Waals surface area contributed by atoms with Crippen LogP contribution in [0.25, 0.3) is 10.8 Å². The number of hydrogen-bond donors (Lipinski definition) is 2. The average Bonchev–Trinajstić information content (AvgIpc) is 2.69. The van der Waals surface area contributed by atoms with Crippen molar-refractivity contribution < 1.29 is 4.39 Å². The maximum absolute atomic E-state index is 13.0. The van der Waals surface area contributed by atoms with Gasteiger partial charge >= 0.3 is 0 Å². The number of nitrogens with one attached hydrogen (secondary N) is 2. The minimum absolute atomic E-state index is 0.225. The molecular formula is C21H23FN4. The van der Waals surface area contributed by atoms with Gasteiger partial charge in [0.05, 0.1) is 0 Å². The molecule has 1 fully saturated rings. The lowest BCUT2D eigenvalue weighted by Crippen LogP contribution is -2.23. The number of anilines is 2. The minimum Gasteiger partial charge on any atom is -0.365 e. The van der Waals surface area contributed by atoms with Crippen LogP contribution >= 0.6 is 0 Å². The molecule has 0 bridgehead atoms. The van der Waals surface area contributed by atoms with Crippen molar-refractivity contribution in [2.45, 2.75) is 44.7 Å². The second kappa shape index (κ2) is 7.68. The van der Waals surface area contributed by atoms with Gasteiger partial charge in [0.2, 0.25) is 0 Å². The molecule has 0 spiro atoms. The Bertz CT molecular complexity index is 873. The number of nitrogens with zero attached hydrogens (tertiary/aromatic N) is 2. The molecule has 0 saturated heterocycles. The highest BCUT2D eigenvalue weighted by molar-refractivity contribution is 5.98. The Morgan fingerprint density at radius 1 is 0.846 bits per heavy atom. The first-order valence-electron chi connectivity index (χ1n) is 9.30. The van der Waals surface area contributed by atoms with Gasteiger partial charge in [-0.25, -0.2) is 4.39 Å². The van der Waals surface area contributed by atoms with Gasteiger partial charge in [0.15, 0.2) is 11.6 Å². The zero-order valence-electron chi connectivity index (χ0n) is 14.7. The fourth-order valence-electron chi connectivity index (χ4n) is 3.57. The SMILES string of the molecule is Fc1ccc(CNc2nnc(NC3CCCCC3)c3ccccc23)cc1. The molecule has 1 aliphatic rings. The summed E-state index contributed by atoms with van der Waals surface area (Å²) in [5.74, 6) is 1.39. The van der Waals surface area contributed by atoms with Gasteiger partial charge in [-0.05, 0) is 30.5 Å². The monoisotopic (exact) mass is 350 g/mol. The van der Waals surface area contributed by atoms with Crippen molar-refractivity contribution in [2.24, 2.45) is 0 Å². The Morgan fingerprint density at radius 2 is 1.50 bits per heavy atom. The average molecular weight is 350 g/mol. The number of halogens is 1. The molecule has 1 aliphatic carbocycles. The van der Waals surface area contributed by atoms with Crippen LogP contribution in [0.2, 0.25) is 0 Å². The van der Waals surface area contributed by atoms with Gasteiger partial charge in [-0.1, -0.05) is 55.7 Å². The molecule has 0 radical (unpaired) electrons. The molecule has 134 valence electrons. The summed E-state index contributed by atoms with van der Waals surface area (Å²) in [5.41, 5.74) is 1.00. The number of rotatable bonds is 5. The highest BCUT2D eigenvalue weighted by atomic mass is 19.1. The Hall–Kier alpha value is -2.69. The number of benzene rings is 2. The van der Waals surface area contributed by atoms with Gasteiger partial charge in [-0.15, -0.1) is 10.2 Å². The largest absolute Gasteiger partial charge is 0.365 e. The lowest BCUT2D eigenvalue weighted by Gasteiger charge is -2.24. The van der Waals surface area contributed by atoms with E-state index in [1.807, 2.05) is 12.1 Å². The van der Waals surface area contributed by atoms with Crippen molar-refractivity contribution in [2.75, 3.05) is 10.6 Å². The summed E-state index contributed by atoms with van der Waals surface area (Å²) in [7, 11) is 0. The summed E-state index contributed by atoms with van der Waals surface area (Å²) in [5, 5.41) is 17.9. The van der Waals surface area contributed by atoms with Crippen LogP contribution in [-0.4, -0.2) is 16.2 Å². The summed E-state index contributed by atoms with van der Waals surface area (Å²) < 4.78 is 13.0. The van der Waals surface area contributed by atoms with Crippen LogP contribution < -0.4 is 10.6 Å². The lowest BCUT2D eigenvalue weighted by molar-refractivity contribution is 0.462. The van der Waals surface area contributed by atoms with Crippen LogP contribution in [-0.2, 0) is 6.54 Å². The van der Waals surface area contributed by atoms with Crippen LogP contribution in [0.3, 0.4) is 0 Å². The van der Waals surface area contributed by atoms with Crippen molar-refractivity contribution in [3.05, 3.63) is 59.9 Å². The Morgan fingerprint density at radius 3 is 2.23 bits per heavy atom. The van der Waals surface area contributed by atoms with Gasteiger partial charge in [-0.3, -0.25) is 0 Å². The van der Waals surface area contributed by atoms with E-state index < -0.39 is 0 Å². The third kappa shape index (κ3) is 3.77. The highest BCUT2D eigenvalue weighted by Crippen LogP contribution is 2.28. The van der Waals surface area contributed by atoms with Crippen LogP contribution in [0, 0.1) is 5.82 Å². The summed E-state index contributed by atoms with van der Waals surface area (Å²) >= 11 is 0. The molecule has 0 amide bonds. The van der Waals surface area contributed by atoms with Crippen LogP contribution in [0.15, 0.2) is 48.5 Å². The fraction of sp³-hybridized carbons (Fsp3) is 0.333. The number of aromatic nitrogens is 2. The second-order valence-electron chi connectivity index (χ2n) is 6.90. The molecule has 5 heteroatoms. The fourth-order valence-corrected chi connectivity index (χ4v) is 3.57. The predicted octanol–water partition coefficient (Wildman–Crippen LogP) is 5.13. The Labute approximate surface area is 152 Å². The van der Waals surface area contributed by atoms with Gasteiger partial charge in [0.25, 0.3) is 0 Å². The minimum atomic E-state index is -0.225. The molecule has 4 rings (SSSR count). The predicted molar refractivity (Wildman–Crippen MR) is 104 cm³/mol. The molecule has 1 heterocycles. The van der Waals surface area contributed by atoms with Gasteiger partial charge in [-0.2, -0.15) is 0 Å². The van der Waals surface area contributed by atoms with Crippen LogP contribution in [0.1, 0.15) is 37.7 Å². The molecule has 26 heavy (non-hydrogen) atoms. The van der Waals surface area contributed by atoms with Crippen molar-refractivity contribution in [1.29, 1.82) is 0 Å². The summed E-state index contributed by atoms with van der Waals surface area (Å²) in [4.78, 5) is 0. The third-order valence-corrected chi connectivity index (χ3v) is 5.01. The third-order valence-electron chi connectivity index (χ3n) is 5.01. The zero-order chi connectivity index (χ0) is 17.8. The number of fused-ring (bicyclic) bond motifs is 1. The molecule has 2 aromatic carbocycles. The van der Waals surface area contributed by atoms with E-state index in [0.717, 1.165) is 28.0 Å². The van der Waals surface area contributed by atoms with E-state index in [1.54, 1.807) is 12.1 Å². The van der Waals surface area contributed by atoms with E-state index in [9.17, 15) is 4.39 Å². The highest BCUT2D eigenvalue weighted by Gasteiger charge is 2.16. The molecule has 0 atom stereocenters. The van der Waals surface area contributed by atoms with Crippen molar-refractivity contribution >= 4 is 22.4 Å². The van der Waals surface area contributed by atoms with E-state index in [0.29, 0.717) is 12.6 Å². The zero-order valence-corrected chi connectivity index (χ0v) is 14.7. The van der Waals surface area contributed by atoms with E-state index in [1.165, 1.54) is 44.2 Å². The first-order valence-corrected chi connectivity index (χ1v) is 9.30. The molecule has 2 N–H and O–H groups in total. The van der Waals surface area contributed by atoms with Crippen molar-refractivity contribution in [3.63, 3.8) is 0 Å². The van der Waals surface area contributed by atoms with E-state index in [2.05, 4.69) is 33.0 Å². The topological polar surface area (TPSA) is 49.8 Å². The lowest BCUT2D eigenvalue weighted by atomic mass is 9.95. The Kier molecular flexibility index (Phi) is 4.95. The van der Waals surface area contributed by atoms with Gasteiger partial charge in [0.1, 0.15) is 5.82 Å². The molecule has 1 saturated carbocycles. The molecule has 0 aliphatic heterocycles. The molecule has 0 unspecified atom stereocenters. The molecule has 3 aromatic rings. The maximum atomic E-state index is 13.0. The first-order chi connectivity index (χ1) is 12.8. The summed E-state index contributed by atoms with van der Waals surface area (Å²) in [6, 6.07) is 15.2. The number of hydrogen-bond acceptors (Lipinski definition) is 4. The first kappa shape index (κ1) is 16.8. The molecule has 4 nitrogen and oxygen atoms in total. The van der Waals surface area contributed by atoms with Crippen LogP contribution in [0.5, 0.6) is 0 Å². The van der Waals surface area contributed by atoms with E-state index >= 15 is 0 Å². The standard InChI is InChI=1S/C21H23FN4/c22-16-12-10-15(11-13-16)14-23-20-18-8-4-5-9-19(18)21(26-25-20)24-17-6-2-1-3-7-17/h4-5,8-13,17H,1-3,6-7,14H2,(H,23,25)(H,24,26). The molecular weight excluding hydrogens is 327 g/mol.